The highest BCUT2D eigenvalue weighted by molar-refractivity contribution is 9.10. The number of hydrogen-bond donors (Lipinski definition) is 1. The van der Waals surface area contributed by atoms with Crippen LogP contribution in [0.1, 0.15) is 37.8 Å². The Hall–Kier alpha value is -0.380. The van der Waals surface area contributed by atoms with Crippen LogP contribution in [0.5, 0.6) is 0 Å². The molecule has 1 N–H and O–H groups in total. The Morgan fingerprint density at radius 3 is 3.06 bits per heavy atom. The molecule has 2 rings (SSSR count). The number of halogens is 1. The van der Waals surface area contributed by atoms with E-state index < -0.39 is 0 Å². The summed E-state index contributed by atoms with van der Waals surface area (Å²) in [6.45, 7) is 5.15. The standard InChI is InChI=1S/C15H22BrNO/c1-2-15(13-6-3-7-14(16)9-13)17-10-12-5-4-8-18-11-12/h3,6-7,9,12,15,17H,2,4-5,8,10-11H2,1H3. The molecule has 18 heavy (non-hydrogen) atoms. The van der Waals surface area contributed by atoms with Gasteiger partial charge in [0.25, 0.3) is 0 Å². The first-order valence-corrected chi connectivity index (χ1v) is 7.65. The Balaban J connectivity index is 1.88. The third-order valence-corrected chi connectivity index (χ3v) is 4.06. The maximum Gasteiger partial charge on any atom is 0.0506 e. The van der Waals surface area contributed by atoms with Gasteiger partial charge in [-0.15, -0.1) is 0 Å². The van der Waals surface area contributed by atoms with Crippen LogP contribution < -0.4 is 5.32 Å². The highest BCUT2D eigenvalue weighted by atomic mass is 79.9. The molecule has 0 bridgehead atoms. The van der Waals surface area contributed by atoms with Gasteiger partial charge in [-0.3, -0.25) is 0 Å². The largest absolute Gasteiger partial charge is 0.381 e. The van der Waals surface area contributed by atoms with Crippen molar-refractivity contribution in [3.63, 3.8) is 0 Å². The van der Waals surface area contributed by atoms with E-state index in [0.29, 0.717) is 12.0 Å². The van der Waals surface area contributed by atoms with Crippen molar-refractivity contribution in [1.82, 2.24) is 5.32 Å². The SMILES string of the molecule is CCC(NCC1CCCOC1)c1cccc(Br)c1. The van der Waals surface area contributed by atoms with Gasteiger partial charge in [0, 0.05) is 23.7 Å². The summed E-state index contributed by atoms with van der Waals surface area (Å²) in [5.41, 5.74) is 1.36. The van der Waals surface area contributed by atoms with E-state index in [2.05, 4.69) is 52.4 Å². The predicted molar refractivity (Wildman–Crippen MR) is 78.7 cm³/mol. The molecule has 0 amide bonds. The zero-order valence-corrected chi connectivity index (χ0v) is 12.6. The van der Waals surface area contributed by atoms with Gasteiger partial charge < -0.3 is 10.1 Å². The highest BCUT2D eigenvalue weighted by Crippen LogP contribution is 2.21. The lowest BCUT2D eigenvalue weighted by Crippen LogP contribution is -2.31. The van der Waals surface area contributed by atoms with Gasteiger partial charge in [-0.05, 0) is 42.9 Å². The molecule has 0 radical (unpaired) electrons. The van der Waals surface area contributed by atoms with Crippen LogP contribution in [-0.4, -0.2) is 19.8 Å². The topological polar surface area (TPSA) is 21.3 Å². The first kappa shape index (κ1) is 14.0. The summed E-state index contributed by atoms with van der Waals surface area (Å²) in [6, 6.07) is 9.03. The Labute approximate surface area is 118 Å². The fourth-order valence-corrected chi connectivity index (χ4v) is 2.92. The Morgan fingerprint density at radius 2 is 2.39 bits per heavy atom. The van der Waals surface area contributed by atoms with Gasteiger partial charge in [-0.1, -0.05) is 35.0 Å². The molecule has 3 heteroatoms. The molecule has 2 atom stereocenters. The van der Waals surface area contributed by atoms with Crippen molar-refractivity contribution in [2.75, 3.05) is 19.8 Å². The maximum absolute atomic E-state index is 5.53. The van der Waals surface area contributed by atoms with E-state index in [9.17, 15) is 0 Å². The predicted octanol–water partition coefficient (Wildman–Crippen LogP) is 3.92. The second kappa shape index (κ2) is 7.27. The Bertz CT molecular complexity index is 363. The molecule has 1 saturated heterocycles. The van der Waals surface area contributed by atoms with Crippen LogP contribution in [0.2, 0.25) is 0 Å². The summed E-state index contributed by atoms with van der Waals surface area (Å²) in [5, 5.41) is 3.68. The third-order valence-electron chi connectivity index (χ3n) is 3.57. The van der Waals surface area contributed by atoms with Crippen LogP contribution in [0.4, 0.5) is 0 Å². The third kappa shape index (κ3) is 4.08. The first-order valence-electron chi connectivity index (χ1n) is 6.86. The second-order valence-corrected chi connectivity index (χ2v) is 5.92. The van der Waals surface area contributed by atoms with Gasteiger partial charge >= 0.3 is 0 Å². The fourth-order valence-electron chi connectivity index (χ4n) is 2.50. The Kier molecular flexibility index (Phi) is 5.67. The number of hydrogen-bond acceptors (Lipinski definition) is 2. The molecule has 1 fully saturated rings. The molecule has 1 aliphatic rings. The van der Waals surface area contributed by atoms with Crippen LogP contribution in [0, 0.1) is 5.92 Å². The van der Waals surface area contributed by atoms with Crippen molar-refractivity contribution >= 4 is 15.9 Å². The lowest BCUT2D eigenvalue weighted by Gasteiger charge is -2.25. The lowest BCUT2D eigenvalue weighted by atomic mass is 10.00. The number of ether oxygens (including phenoxy) is 1. The number of rotatable bonds is 5. The average molecular weight is 312 g/mol. The molecule has 1 aliphatic heterocycles. The van der Waals surface area contributed by atoms with Crippen molar-refractivity contribution in [2.24, 2.45) is 5.92 Å². The van der Waals surface area contributed by atoms with Crippen LogP contribution in [0.25, 0.3) is 0 Å². The quantitative estimate of drug-likeness (QED) is 0.890. The van der Waals surface area contributed by atoms with Crippen LogP contribution in [0.15, 0.2) is 28.7 Å². The monoisotopic (exact) mass is 311 g/mol. The van der Waals surface area contributed by atoms with Crippen molar-refractivity contribution in [1.29, 1.82) is 0 Å². The van der Waals surface area contributed by atoms with E-state index in [1.54, 1.807) is 0 Å². The Morgan fingerprint density at radius 1 is 1.50 bits per heavy atom. The zero-order valence-electron chi connectivity index (χ0n) is 11.0. The summed E-state index contributed by atoms with van der Waals surface area (Å²) in [6.07, 6.45) is 3.62. The van der Waals surface area contributed by atoms with E-state index in [4.69, 9.17) is 4.74 Å². The van der Waals surface area contributed by atoms with Crippen LogP contribution >= 0.6 is 15.9 Å². The van der Waals surface area contributed by atoms with E-state index in [1.165, 1.54) is 18.4 Å². The zero-order chi connectivity index (χ0) is 12.8. The minimum absolute atomic E-state index is 0.449. The maximum atomic E-state index is 5.53. The van der Waals surface area contributed by atoms with Gasteiger partial charge in [0.15, 0.2) is 0 Å². The average Bonchev–Trinajstić information content (AvgIpc) is 2.41. The lowest BCUT2D eigenvalue weighted by molar-refractivity contribution is 0.0537. The molecule has 1 aromatic carbocycles. The number of benzene rings is 1. The molecule has 100 valence electrons. The van der Waals surface area contributed by atoms with Gasteiger partial charge in [0.05, 0.1) is 6.61 Å². The molecule has 2 nitrogen and oxygen atoms in total. The summed E-state index contributed by atoms with van der Waals surface area (Å²) in [5.74, 6) is 0.681. The smallest absolute Gasteiger partial charge is 0.0506 e. The molecular formula is C15H22BrNO. The van der Waals surface area contributed by atoms with Gasteiger partial charge in [-0.2, -0.15) is 0 Å². The minimum atomic E-state index is 0.449. The highest BCUT2D eigenvalue weighted by Gasteiger charge is 2.16. The molecular weight excluding hydrogens is 290 g/mol. The normalized spacial score (nSPS) is 21.8. The molecule has 0 aliphatic carbocycles. The molecule has 2 unspecified atom stereocenters. The minimum Gasteiger partial charge on any atom is -0.381 e. The summed E-state index contributed by atoms with van der Waals surface area (Å²) in [7, 11) is 0. The van der Waals surface area contributed by atoms with Crippen LogP contribution in [-0.2, 0) is 4.74 Å². The molecule has 1 heterocycles. The molecule has 1 aromatic rings. The summed E-state index contributed by atoms with van der Waals surface area (Å²) >= 11 is 3.54. The van der Waals surface area contributed by atoms with Crippen molar-refractivity contribution in [3.05, 3.63) is 34.3 Å². The second-order valence-electron chi connectivity index (χ2n) is 5.01. The van der Waals surface area contributed by atoms with E-state index in [1.807, 2.05) is 0 Å². The molecule has 0 saturated carbocycles. The van der Waals surface area contributed by atoms with Crippen molar-refractivity contribution < 1.29 is 4.74 Å². The van der Waals surface area contributed by atoms with E-state index in [-0.39, 0.29) is 0 Å². The summed E-state index contributed by atoms with van der Waals surface area (Å²) < 4.78 is 6.68. The molecule has 0 aromatic heterocycles. The van der Waals surface area contributed by atoms with E-state index >= 15 is 0 Å². The van der Waals surface area contributed by atoms with Gasteiger partial charge in [0.1, 0.15) is 0 Å². The first-order chi connectivity index (χ1) is 8.79. The van der Waals surface area contributed by atoms with E-state index in [0.717, 1.165) is 30.7 Å². The fraction of sp³-hybridized carbons (Fsp3) is 0.600. The molecule has 0 spiro atoms. The van der Waals surface area contributed by atoms with Gasteiger partial charge in [-0.25, -0.2) is 0 Å². The van der Waals surface area contributed by atoms with Gasteiger partial charge in [0.2, 0.25) is 0 Å². The summed E-state index contributed by atoms with van der Waals surface area (Å²) in [4.78, 5) is 0. The van der Waals surface area contributed by atoms with Crippen molar-refractivity contribution in [2.45, 2.75) is 32.2 Å². The number of nitrogens with one attached hydrogen (secondary N) is 1. The van der Waals surface area contributed by atoms with Crippen LogP contribution in [0.3, 0.4) is 0 Å². The van der Waals surface area contributed by atoms with Crippen molar-refractivity contribution in [3.8, 4) is 0 Å².